The number of benzene rings is 2. The summed E-state index contributed by atoms with van der Waals surface area (Å²) in [5, 5.41) is 0. The van der Waals surface area contributed by atoms with Crippen LogP contribution in [0.25, 0.3) is 22.6 Å². The number of aromatic nitrogens is 1. The molecule has 9 heteroatoms. The van der Waals surface area contributed by atoms with Crippen molar-refractivity contribution in [1.82, 2.24) is 14.8 Å². The second-order valence-corrected chi connectivity index (χ2v) is 7.18. The lowest BCUT2D eigenvalue weighted by atomic mass is 10.1. The average Bonchev–Trinajstić information content (AvgIpc) is 3.27. The Labute approximate surface area is 184 Å². The number of oxazole rings is 1. The Morgan fingerprint density at radius 1 is 0.938 bits per heavy atom. The van der Waals surface area contributed by atoms with Crippen molar-refractivity contribution >= 4 is 29.1 Å². The van der Waals surface area contributed by atoms with Crippen molar-refractivity contribution < 1.29 is 28.3 Å². The Morgan fingerprint density at radius 3 is 2.38 bits per heavy atom. The summed E-state index contributed by atoms with van der Waals surface area (Å²) in [4.78, 5) is 44.5. The predicted molar refractivity (Wildman–Crippen MR) is 115 cm³/mol. The fourth-order valence-corrected chi connectivity index (χ4v) is 3.48. The molecule has 2 aromatic carbocycles. The number of carbonyl (C=O) groups is 3. The van der Waals surface area contributed by atoms with Crippen molar-refractivity contribution in [3.63, 3.8) is 0 Å². The van der Waals surface area contributed by atoms with Crippen molar-refractivity contribution in [3.8, 4) is 11.5 Å². The normalized spacial score (nSPS) is 13.8. The molecule has 0 unspecified atom stereocenters. The fourth-order valence-electron chi connectivity index (χ4n) is 3.48. The molecule has 2 heterocycles. The van der Waals surface area contributed by atoms with Crippen LogP contribution in [-0.2, 0) is 14.3 Å². The van der Waals surface area contributed by atoms with Gasteiger partial charge in [-0.1, -0.05) is 24.3 Å². The summed E-state index contributed by atoms with van der Waals surface area (Å²) >= 11 is 0. The van der Waals surface area contributed by atoms with Gasteiger partial charge in [0.15, 0.2) is 12.2 Å². The third kappa shape index (κ3) is 4.56. The first kappa shape index (κ1) is 21.4. The minimum Gasteiger partial charge on any atom is -0.452 e. The van der Waals surface area contributed by atoms with Crippen LogP contribution in [-0.4, -0.2) is 72.1 Å². The van der Waals surface area contributed by atoms with Gasteiger partial charge in [-0.2, -0.15) is 0 Å². The van der Waals surface area contributed by atoms with Gasteiger partial charge in [-0.15, -0.1) is 0 Å². The number of esters is 1. The lowest BCUT2D eigenvalue weighted by Crippen LogP contribution is -2.51. The number of amides is 2. The van der Waals surface area contributed by atoms with Gasteiger partial charge in [0.05, 0.1) is 17.7 Å². The number of piperazine rings is 1. The molecule has 0 spiro atoms. The molecule has 166 valence electrons. The molecule has 1 saturated heterocycles. The Balaban J connectivity index is 1.38. The van der Waals surface area contributed by atoms with Crippen LogP contribution in [0.4, 0.5) is 4.79 Å². The molecule has 0 bridgehead atoms. The lowest BCUT2D eigenvalue weighted by molar-refractivity contribution is -0.136. The highest BCUT2D eigenvalue weighted by atomic mass is 16.6. The Bertz CT molecular complexity index is 1100. The summed E-state index contributed by atoms with van der Waals surface area (Å²) in [7, 11) is 0. The van der Waals surface area contributed by atoms with E-state index in [0.29, 0.717) is 55.3 Å². The molecular weight excluding hydrogens is 414 g/mol. The molecule has 1 aliphatic rings. The summed E-state index contributed by atoms with van der Waals surface area (Å²) in [5.41, 5.74) is 2.05. The zero-order valence-corrected chi connectivity index (χ0v) is 17.7. The summed E-state index contributed by atoms with van der Waals surface area (Å²) in [6, 6.07) is 14.1. The maximum absolute atomic E-state index is 12.7. The Hall–Kier alpha value is -3.88. The van der Waals surface area contributed by atoms with Gasteiger partial charge in [-0.05, 0) is 31.2 Å². The quantitative estimate of drug-likeness (QED) is 0.566. The molecule has 2 amide bonds. The molecule has 0 saturated carbocycles. The SMILES string of the molecule is CCOC(=O)N1CCN(C(=O)COC(=O)c2ccccc2-c2nc3ccccc3o2)CC1. The van der Waals surface area contributed by atoms with E-state index >= 15 is 0 Å². The standard InChI is InChI=1S/C23H23N3O6/c1-2-30-23(29)26-13-11-25(12-14-26)20(27)15-31-22(28)17-8-4-3-7-16(17)21-24-18-9-5-6-10-19(18)32-21/h3-10H,2,11-15H2,1H3. The number of hydrogen-bond donors (Lipinski definition) is 0. The molecule has 1 aromatic heterocycles. The fraction of sp³-hybridized carbons (Fsp3) is 0.304. The zero-order chi connectivity index (χ0) is 22.5. The van der Waals surface area contributed by atoms with Crippen LogP contribution in [0.1, 0.15) is 17.3 Å². The first-order chi connectivity index (χ1) is 15.6. The van der Waals surface area contributed by atoms with E-state index in [0.717, 1.165) is 0 Å². The first-order valence-corrected chi connectivity index (χ1v) is 10.4. The van der Waals surface area contributed by atoms with Crippen molar-refractivity contribution in [1.29, 1.82) is 0 Å². The van der Waals surface area contributed by atoms with Gasteiger partial charge in [0.2, 0.25) is 5.89 Å². The van der Waals surface area contributed by atoms with Crippen LogP contribution in [0.15, 0.2) is 52.9 Å². The van der Waals surface area contributed by atoms with Crippen LogP contribution in [0.5, 0.6) is 0 Å². The van der Waals surface area contributed by atoms with Crippen molar-refractivity contribution in [2.75, 3.05) is 39.4 Å². The monoisotopic (exact) mass is 437 g/mol. The first-order valence-electron chi connectivity index (χ1n) is 10.4. The summed E-state index contributed by atoms with van der Waals surface area (Å²) in [6.07, 6.45) is -0.387. The van der Waals surface area contributed by atoms with E-state index in [4.69, 9.17) is 13.9 Å². The smallest absolute Gasteiger partial charge is 0.409 e. The zero-order valence-electron chi connectivity index (χ0n) is 17.7. The third-order valence-corrected chi connectivity index (χ3v) is 5.16. The highest BCUT2D eigenvalue weighted by Crippen LogP contribution is 2.27. The molecule has 4 rings (SSSR count). The number of rotatable bonds is 5. The van der Waals surface area contributed by atoms with Gasteiger partial charge in [0.25, 0.3) is 5.91 Å². The van der Waals surface area contributed by atoms with Gasteiger partial charge in [0.1, 0.15) is 5.52 Å². The van der Waals surface area contributed by atoms with E-state index in [9.17, 15) is 14.4 Å². The molecule has 0 radical (unpaired) electrons. The van der Waals surface area contributed by atoms with E-state index in [2.05, 4.69) is 4.98 Å². The summed E-state index contributed by atoms with van der Waals surface area (Å²) in [6.45, 7) is 3.12. The van der Waals surface area contributed by atoms with Crippen LogP contribution >= 0.6 is 0 Å². The largest absolute Gasteiger partial charge is 0.452 e. The van der Waals surface area contributed by atoms with E-state index < -0.39 is 5.97 Å². The van der Waals surface area contributed by atoms with Gasteiger partial charge < -0.3 is 23.7 Å². The molecule has 1 fully saturated rings. The molecule has 1 aliphatic heterocycles. The molecular formula is C23H23N3O6. The Kier molecular flexibility index (Phi) is 6.34. The second-order valence-electron chi connectivity index (χ2n) is 7.18. The number of nitrogens with zero attached hydrogens (tertiary/aromatic N) is 3. The lowest BCUT2D eigenvalue weighted by Gasteiger charge is -2.33. The van der Waals surface area contributed by atoms with Gasteiger partial charge in [0, 0.05) is 26.2 Å². The van der Waals surface area contributed by atoms with Crippen LogP contribution in [0.3, 0.4) is 0 Å². The van der Waals surface area contributed by atoms with E-state index in [1.807, 2.05) is 18.2 Å². The maximum atomic E-state index is 12.7. The second kappa shape index (κ2) is 9.51. The summed E-state index contributed by atoms with van der Waals surface area (Å²) in [5.74, 6) is -0.650. The highest BCUT2D eigenvalue weighted by Gasteiger charge is 2.26. The number of carbonyl (C=O) groups excluding carboxylic acids is 3. The molecule has 9 nitrogen and oxygen atoms in total. The average molecular weight is 437 g/mol. The maximum Gasteiger partial charge on any atom is 0.409 e. The minimum atomic E-state index is -0.638. The molecule has 0 aliphatic carbocycles. The van der Waals surface area contributed by atoms with Crippen molar-refractivity contribution in [3.05, 3.63) is 54.1 Å². The van der Waals surface area contributed by atoms with E-state index in [-0.39, 0.29) is 24.2 Å². The van der Waals surface area contributed by atoms with Gasteiger partial charge >= 0.3 is 12.1 Å². The number of para-hydroxylation sites is 2. The Morgan fingerprint density at radius 2 is 1.62 bits per heavy atom. The number of ether oxygens (including phenoxy) is 2. The molecule has 0 N–H and O–H groups in total. The number of hydrogen-bond acceptors (Lipinski definition) is 7. The molecule has 0 atom stereocenters. The third-order valence-electron chi connectivity index (χ3n) is 5.16. The van der Waals surface area contributed by atoms with Crippen LogP contribution in [0, 0.1) is 0 Å². The van der Waals surface area contributed by atoms with Gasteiger partial charge in [-0.25, -0.2) is 14.6 Å². The summed E-state index contributed by atoms with van der Waals surface area (Å²) < 4.78 is 16.0. The van der Waals surface area contributed by atoms with Crippen molar-refractivity contribution in [2.45, 2.75) is 6.92 Å². The highest BCUT2D eigenvalue weighted by molar-refractivity contribution is 5.97. The van der Waals surface area contributed by atoms with Gasteiger partial charge in [-0.3, -0.25) is 4.79 Å². The predicted octanol–water partition coefficient (Wildman–Crippen LogP) is 2.95. The van der Waals surface area contributed by atoms with Crippen LogP contribution < -0.4 is 0 Å². The topological polar surface area (TPSA) is 102 Å². The molecule has 32 heavy (non-hydrogen) atoms. The minimum absolute atomic E-state index is 0.263. The van der Waals surface area contributed by atoms with Crippen LogP contribution in [0.2, 0.25) is 0 Å². The van der Waals surface area contributed by atoms with E-state index in [1.54, 1.807) is 47.1 Å². The molecule has 3 aromatic rings. The van der Waals surface area contributed by atoms with Crippen molar-refractivity contribution in [2.24, 2.45) is 0 Å². The van der Waals surface area contributed by atoms with E-state index in [1.165, 1.54) is 0 Å². The number of fused-ring (bicyclic) bond motifs is 1.